The molecule has 1 unspecified atom stereocenters. The van der Waals surface area contributed by atoms with Crippen molar-refractivity contribution < 1.29 is 14.1 Å². The number of thiazole rings is 1. The number of nitrogens with zero attached hydrogens (tertiary/aromatic N) is 3. The van der Waals surface area contributed by atoms with Gasteiger partial charge in [0.1, 0.15) is 5.69 Å². The SMILES string of the molecule is CC(c1cc(-c2sc(Cl)nc2Cl)no1)N1C(=O)c2ccccc2C1=O. The standard InChI is InChI=1S/C16H9Cl2N3O3S/c1-7(21-14(22)8-4-2-3-5-9(8)15(21)23)11-6-10(20-24-11)12-13(17)19-16(18)25-12/h2-7H,1H3. The first kappa shape index (κ1) is 16.3. The van der Waals surface area contributed by atoms with Gasteiger partial charge in [-0.05, 0) is 19.1 Å². The second-order valence-corrected chi connectivity index (χ2v) is 7.34. The topological polar surface area (TPSA) is 76.3 Å². The van der Waals surface area contributed by atoms with Crippen LogP contribution in [-0.4, -0.2) is 26.9 Å². The number of amides is 2. The van der Waals surface area contributed by atoms with E-state index in [0.717, 1.165) is 4.90 Å². The van der Waals surface area contributed by atoms with Gasteiger partial charge in [0.25, 0.3) is 11.8 Å². The molecule has 1 aliphatic heterocycles. The first-order valence-electron chi connectivity index (χ1n) is 7.23. The number of hydrogen-bond acceptors (Lipinski definition) is 6. The Hall–Kier alpha value is -2.22. The number of carbonyl (C=O) groups excluding carboxylic acids is 2. The predicted molar refractivity (Wildman–Crippen MR) is 93.0 cm³/mol. The van der Waals surface area contributed by atoms with E-state index in [1.807, 2.05) is 0 Å². The van der Waals surface area contributed by atoms with Crippen molar-refractivity contribution in [3.8, 4) is 10.6 Å². The number of hydrogen-bond donors (Lipinski definition) is 0. The van der Waals surface area contributed by atoms with Gasteiger partial charge in [0.15, 0.2) is 15.4 Å². The Morgan fingerprint density at radius 1 is 1.16 bits per heavy atom. The molecule has 6 nitrogen and oxygen atoms in total. The fourth-order valence-electron chi connectivity index (χ4n) is 2.72. The fourth-order valence-corrected chi connectivity index (χ4v) is 4.06. The van der Waals surface area contributed by atoms with Crippen molar-refractivity contribution in [3.63, 3.8) is 0 Å². The first-order valence-corrected chi connectivity index (χ1v) is 8.80. The number of imide groups is 1. The summed E-state index contributed by atoms with van der Waals surface area (Å²) in [5.41, 5.74) is 1.22. The summed E-state index contributed by atoms with van der Waals surface area (Å²) >= 11 is 13.0. The quantitative estimate of drug-likeness (QED) is 0.613. The smallest absolute Gasteiger partial charge is 0.262 e. The van der Waals surface area contributed by atoms with Crippen LogP contribution < -0.4 is 0 Å². The largest absolute Gasteiger partial charge is 0.359 e. The summed E-state index contributed by atoms with van der Waals surface area (Å²) < 4.78 is 5.62. The van der Waals surface area contributed by atoms with Crippen LogP contribution in [0.2, 0.25) is 9.62 Å². The van der Waals surface area contributed by atoms with Gasteiger partial charge in [-0.2, -0.15) is 0 Å². The van der Waals surface area contributed by atoms with Gasteiger partial charge in [0.05, 0.1) is 22.0 Å². The van der Waals surface area contributed by atoms with Crippen LogP contribution in [-0.2, 0) is 0 Å². The van der Waals surface area contributed by atoms with E-state index >= 15 is 0 Å². The Balaban J connectivity index is 1.67. The molecule has 0 saturated heterocycles. The average Bonchev–Trinajstić information content (AvgIpc) is 3.26. The van der Waals surface area contributed by atoms with E-state index in [1.165, 1.54) is 11.3 Å². The number of rotatable bonds is 3. The van der Waals surface area contributed by atoms with E-state index in [4.69, 9.17) is 27.7 Å². The summed E-state index contributed by atoms with van der Waals surface area (Å²) in [4.78, 5) is 30.8. The summed E-state index contributed by atoms with van der Waals surface area (Å²) in [6.45, 7) is 1.70. The maximum atomic E-state index is 12.6. The summed E-state index contributed by atoms with van der Waals surface area (Å²) in [6, 6.07) is 7.72. The molecule has 0 aliphatic carbocycles. The molecule has 0 saturated carbocycles. The van der Waals surface area contributed by atoms with E-state index in [1.54, 1.807) is 37.3 Å². The average molecular weight is 394 g/mol. The highest BCUT2D eigenvalue weighted by atomic mass is 35.5. The molecular weight excluding hydrogens is 385 g/mol. The lowest BCUT2D eigenvalue weighted by Crippen LogP contribution is -2.32. The van der Waals surface area contributed by atoms with Crippen molar-refractivity contribution >= 4 is 46.4 Å². The Morgan fingerprint density at radius 3 is 2.36 bits per heavy atom. The van der Waals surface area contributed by atoms with Crippen molar-refractivity contribution in [1.29, 1.82) is 0 Å². The molecule has 2 amide bonds. The third-order valence-corrected chi connectivity index (χ3v) is 5.51. The van der Waals surface area contributed by atoms with Crippen LogP contribution in [0.1, 0.15) is 39.4 Å². The van der Waals surface area contributed by atoms with Crippen molar-refractivity contribution in [2.75, 3.05) is 0 Å². The monoisotopic (exact) mass is 393 g/mol. The Labute approximate surface area is 156 Å². The molecule has 2 aromatic heterocycles. The van der Waals surface area contributed by atoms with Gasteiger partial charge in [-0.25, -0.2) is 4.98 Å². The summed E-state index contributed by atoms with van der Waals surface area (Å²) in [5, 5.41) is 4.18. The molecule has 3 aromatic rings. The van der Waals surface area contributed by atoms with Gasteiger partial charge in [-0.15, -0.1) is 0 Å². The maximum absolute atomic E-state index is 12.6. The van der Waals surface area contributed by atoms with E-state index < -0.39 is 6.04 Å². The van der Waals surface area contributed by atoms with Crippen LogP contribution in [0.3, 0.4) is 0 Å². The normalized spacial score (nSPS) is 14.9. The highest BCUT2D eigenvalue weighted by Crippen LogP contribution is 2.37. The summed E-state index contributed by atoms with van der Waals surface area (Å²) in [5.74, 6) is -0.347. The van der Waals surface area contributed by atoms with E-state index in [2.05, 4.69) is 10.1 Å². The lowest BCUT2D eigenvalue weighted by Gasteiger charge is -2.19. The molecule has 9 heteroatoms. The Bertz CT molecular complexity index is 979. The van der Waals surface area contributed by atoms with Gasteiger partial charge >= 0.3 is 0 Å². The molecule has 25 heavy (non-hydrogen) atoms. The number of carbonyl (C=O) groups is 2. The van der Waals surface area contributed by atoms with Crippen LogP contribution in [0.4, 0.5) is 0 Å². The first-order chi connectivity index (χ1) is 12.0. The molecule has 0 N–H and O–H groups in total. The van der Waals surface area contributed by atoms with Gasteiger partial charge < -0.3 is 4.52 Å². The fraction of sp³-hybridized carbons (Fsp3) is 0.125. The zero-order chi connectivity index (χ0) is 17.7. The summed E-state index contributed by atoms with van der Waals surface area (Å²) in [6.07, 6.45) is 0. The molecule has 0 radical (unpaired) electrons. The second kappa shape index (κ2) is 5.94. The zero-order valence-corrected chi connectivity index (χ0v) is 15.0. The molecule has 1 atom stereocenters. The van der Waals surface area contributed by atoms with Crippen LogP contribution in [0.25, 0.3) is 10.6 Å². The third-order valence-electron chi connectivity index (χ3n) is 3.95. The number of halogens is 2. The lowest BCUT2D eigenvalue weighted by molar-refractivity contribution is 0.0573. The van der Waals surface area contributed by atoms with Gasteiger partial charge in [0, 0.05) is 6.07 Å². The molecule has 0 spiro atoms. The molecule has 1 aromatic carbocycles. The number of fused-ring (bicyclic) bond motifs is 1. The minimum absolute atomic E-state index is 0.225. The van der Waals surface area contributed by atoms with Gasteiger partial charge in [-0.3, -0.25) is 14.5 Å². The Kier molecular flexibility index (Phi) is 3.87. The minimum atomic E-state index is -0.615. The molecule has 1 aliphatic rings. The van der Waals surface area contributed by atoms with Crippen molar-refractivity contribution in [1.82, 2.24) is 15.0 Å². The molecule has 0 bridgehead atoms. The van der Waals surface area contributed by atoms with Crippen molar-refractivity contribution in [2.24, 2.45) is 0 Å². The Morgan fingerprint density at radius 2 is 1.80 bits per heavy atom. The minimum Gasteiger partial charge on any atom is -0.359 e. The van der Waals surface area contributed by atoms with E-state index in [0.29, 0.717) is 27.5 Å². The van der Waals surface area contributed by atoms with E-state index in [-0.39, 0.29) is 21.4 Å². The van der Waals surface area contributed by atoms with Crippen LogP contribution in [0, 0.1) is 0 Å². The van der Waals surface area contributed by atoms with E-state index in [9.17, 15) is 9.59 Å². The predicted octanol–water partition coefficient (Wildman–Crippen LogP) is 4.46. The van der Waals surface area contributed by atoms with Crippen LogP contribution in [0.15, 0.2) is 34.9 Å². The summed E-state index contributed by atoms with van der Waals surface area (Å²) in [7, 11) is 0. The third kappa shape index (κ3) is 2.55. The molecular formula is C16H9Cl2N3O3S. The number of aromatic nitrogens is 2. The molecule has 4 rings (SSSR count). The van der Waals surface area contributed by atoms with Crippen LogP contribution in [0.5, 0.6) is 0 Å². The van der Waals surface area contributed by atoms with Crippen molar-refractivity contribution in [2.45, 2.75) is 13.0 Å². The highest BCUT2D eigenvalue weighted by Gasteiger charge is 2.40. The second-order valence-electron chi connectivity index (χ2n) is 5.40. The number of benzene rings is 1. The van der Waals surface area contributed by atoms with Crippen LogP contribution >= 0.6 is 34.5 Å². The van der Waals surface area contributed by atoms with Gasteiger partial charge in [0.2, 0.25) is 0 Å². The molecule has 3 heterocycles. The molecule has 0 fully saturated rings. The molecule has 126 valence electrons. The van der Waals surface area contributed by atoms with Gasteiger partial charge in [-0.1, -0.05) is 51.8 Å². The lowest BCUT2D eigenvalue weighted by atomic mass is 10.1. The highest BCUT2D eigenvalue weighted by molar-refractivity contribution is 7.19. The zero-order valence-electron chi connectivity index (χ0n) is 12.7. The maximum Gasteiger partial charge on any atom is 0.262 e. The van der Waals surface area contributed by atoms with Crippen molar-refractivity contribution in [3.05, 3.63) is 56.8 Å².